The fourth-order valence-electron chi connectivity index (χ4n) is 1.54. The van der Waals surface area contributed by atoms with Gasteiger partial charge >= 0.3 is 0 Å². The van der Waals surface area contributed by atoms with E-state index in [9.17, 15) is 0 Å². The van der Waals surface area contributed by atoms with Crippen LogP contribution in [0.5, 0.6) is 0 Å². The minimum atomic E-state index is -0.790. The third-order valence-corrected chi connectivity index (χ3v) is 7.69. The summed E-state index contributed by atoms with van der Waals surface area (Å²) in [5.41, 5.74) is 4.04. The first kappa shape index (κ1) is 15.1. The van der Waals surface area contributed by atoms with Crippen molar-refractivity contribution >= 4 is 17.6 Å². The monoisotopic (exact) mass is 243 g/mol. The summed E-state index contributed by atoms with van der Waals surface area (Å²) in [6.45, 7) is 16.4. The lowest BCUT2D eigenvalue weighted by molar-refractivity contribution is 0.725. The van der Waals surface area contributed by atoms with Gasteiger partial charge in [-0.05, 0) is 31.2 Å². The molecule has 0 bridgehead atoms. The molecule has 0 aliphatic heterocycles. The van der Waals surface area contributed by atoms with Gasteiger partial charge in [-0.1, -0.05) is 45.1 Å². The first-order valence-electron chi connectivity index (χ1n) is 6.09. The van der Waals surface area contributed by atoms with E-state index in [1.54, 1.807) is 0 Å². The Morgan fingerprint density at radius 3 is 2.00 bits per heavy atom. The summed E-state index contributed by atoms with van der Waals surface area (Å²) < 4.78 is 0. The molecule has 1 nitrogen and oxygen atoms in total. The number of nitrogens with one attached hydrogen (secondary N) is 1. The second kappa shape index (κ2) is 6.66. The fourth-order valence-corrected chi connectivity index (χ4v) is 5.13. The van der Waals surface area contributed by atoms with Gasteiger partial charge in [-0.2, -0.15) is 0 Å². The topological polar surface area (TPSA) is 12.0 Å². The van der Waals surface area contributed by atoms with Crippen molar-refractivity contribution in [2.45, 2.75) is 52.8 Å². The van der Waals surface area contributed by atoms with Crippen molar-refractivity contribution in [2.75, 3.05) is 12.3 Å². The molecule has 0 aliphatic rings. The van der Waals surface area contributed by atoms with Gasteiger partial charge in [0.25, 0.3) is 0 Å². The molecule has 1 N–H and O–H groups in total. The Hall–Kier alpha value is 0.134. The van der Waals surface area contributed by atoms with E-state index in [0.717, 1.165) is 0 Å². The molecule has 15 heavy (non-hydrogen) atoms. The Labute approximate surface area is 99.6 Å². The quantitative estimate of drug-likeness (QED) is 0.732. The van der Waals surface area contributed by atoms with E-state index in [0.29, 0.717) is 5.04 Å². The maximum Gasteiger partial charge on any atom is 0.0813 e. The Kier molecular flexibility index (Phi) is 6.72. The van der Waals surface area contributed by atoms with Crippen LogP contribution >= 0.6 is 0 Å². The third kappa shape index (κ3) is 7.99. The van der Waals surface area contributed by atoms with Crippen LogP contribution in [0.25, 0.3) is 0 Å². The van der Waals surface area contributed by atoms with E-state index in [-0.39, 0.29) is 0 Å². The van der Waals surface area contributed by atoms with Gasteiger partial charge in [-0.3, -0.25) is 0 Å². The Bertz CT molecular complexity index is 200. The zero-order chi connectivity index (χ0) is 12.1. The number of hydrogen-bond acceptors (Lipinski definition) is 1. The molecule has 0 spiro atoms. The van der Waals surface area contributed by atoms with Crippen molar-refractivity contribution < 1.29 is 0 Å². The van der Waals surface area contributed by atoms with Gasteiger partial charge in [-0.15, -0.1) is 0 Å². The van der Waals surface area contributed by atoms with E-state index in [1.807, 2.05) is 0 Å². The van der Waals surface area contributed by atoms with Crippen LogP contribution in [0.2, 0.25) is 18.1 Å². The zero-order valence-electron chi connectivity index (χ0n) is 11.6. The number of allylic oxidation sites excluding steroid dienone is 1. The zero-order valence-corrected chi connectivity index (χ0v) is 14.0. The molecule has 0 amide bonds. The number of rotatable bonds is 5. The summed E-state index contributed by atoms with van der Waals surface area (Å²) in [6.07, 6.45) is 2.55. The molecule has 1 atom stereocenters. The van der Waals surface area contributed by atoms with E-state index in [2.05, 4.69) is 58.7 Å². The highest BCUT2D eigenvalue weighted by Crippen LogP contribution is 2.27. The van der Waals surface area contributed by atoms with Gasteiger partial charge in [0.15, 0.2) is 0 Å². The van der Waals surface area contributed by atoms with Crippen molar-refractivity contribution in [1.29, 1.82) is 0 Å². The molecule has 0 aromatic rings. The maximum atomic E-state index is 3.68. The summed E-state index contributed by atoms with van der Waals surface area (Å²) in [6, 6.07) is 0. The van der Waals surface area contributed by atoms with Gasteiger partial charge in [0.1, 0.15) is 0 Å². The second-order valence-electron chi connectivity index (χ2n) is 6.27. The Morgan fingerprint density at radius 1 is 1.13 bits per heavy atom. The molecular weight excluding hydrogens is 214 g/mol. The van der Waals surface area contributed by atoms with Gasteiger partial charge in [0.2, 0.25) is 0 Å². The molecule has 0 saturated carbocycles. The molecule has 0 aromatic carbocycles. The lowest BCUT2D eigenvalue weighted by atomic mass is 10.2. The summed E-state index contributed by atoms with van der Waals surface area (Å²) in [7, 11) is -1.22. The van der Waals surface area contributed by atoms with Gasteiger partial charge in [0, 0.05) is 8.80 Å². The SMILES string of the molecule is CC(C)=C[SiH](CNC[SiH](C)C)C(C)(C)C. The Balaban J connectivity index is 4.22. The lowest BCUT2D eigenvalue weighted by Gasteiger charge is -2.28. The fraction of sp³-hybridized carbons (Fsp3) is 0.833. The molecule has 0 aliphatic carbocycles. The smallest absolute Gasteiger partial charge is 0.0813 e. The first-order chi connectivity index (χ1) is 6.73. The highest BCUT2D eigenvalue weighted by Gasteiger charge is 2.23. The van der Waals surface area contributed by atoms with Crippen LogP contribution in [0.15, 0.2) is 11.3 Å². The summed E-state index contributed by atoms with van der Waals surface area (Å²) in [5, 5.41) is 4.18. The molecule has 0 aromatic heterocycles. The molecular formula is C12H29NSi2. The van der Waals surface area contributed by atoms with E-state index < -0.39 is 17.6 Å². The van der Waals surface area contributed by atoms with Crippen LogP contribution in [0.4, 0.5) is 0 Å². The average Bonchev–Trinajstić information content (AvgIpc) is 1.99. The molecule has 0 saturated heterocycles. The van der Waals surface area contributed by atoms with Crippen LogP contribution in [0, 0.1) is 0 Å². The van der Waals surface area contributed by atoms with Crippen molar-refractivity contribution in [3.63, 3.8) is 0 Å². The molecule has 0 rings (SSSR count). The van der Waals surface area contributed by atoms with Crippen LogP contribution < -0.4 is 5.32 Å². The van der Waals surface area contributed by atoms with Crippen molar-refractivity contribution in [1.82, 2.24) is 5.32 Å². The summed E-state index contributed by atoms with van der Waals surface area (Å²) >= 11 is 0. The van der Waals surface area contributed by atoms with Gasteiger partial charge in [-0.25, -0.2) is 0 Å². The van der Waals surface area contributed by atoms with Crippen LogP contribution in [-0.4, -0.2) is 29.9 Å². The summed E-state index contributed by atoms with van der Waals surface area (Å²) in [5.74, 6) is 0. The Morgan fingerprint density at radius 2 is 1.67 bits per heavy atom. The molecule has 1 unspecified atom stereocenters. The van der Waals surface area contributed by atoms with Crippen molar-refractivity contribution in [2.24, 2.45) is 0 Å². The first-order valence-corrected chi connectivity index (χ1v) is 11.3. The predicted molar refractivity (Wildman–Crippen MR) is 78.0 cm³/mol. The number of hydrogen-bond donors (Lipinski definition) is 1. The predicted octanol–water partition coefficient (Wildman–Crippen LogP) is 2.67. The van der Waals surface area contributed by atoms with Crippen LogP contribution in [-0.2, 0) is 0 Å². The maximum absolute atomic E-state index is 3.68. The molecule has 0 fully saturated rings. The highest BCUT2D eigenvalue weighted by atomic mass is 28.3. The standard InChI is InChI=1S/C12H29NSi2/c1-11(2)8-15(12(3,4)5)10-13-9-14(6)7/h8,13-15H,9-10H2,1-7H3. The second-order valence-corrected chi connectivity index (χ2v) is 13.2. The van der Waals surface area contributed by atoms with Gasteiger partial charge < -0.3 is 5.32 Å². The summed E-state index contributed by atoms with van der Waals surface area (Å²) in [4.78, 5) is 0. The van der Waals surface area contributed by atoms with E-state index in [4.69, 9.17) is 0 Å². The largest absolute Gasteiger partial charge is 0.322 e. The van der Waals surface area contributed by atoms with E-state index in [1.165, 1.54) is 17.9 Å². The average molecular weight is 244 g/mol. The van der Waals surface area contributed by atoms with Crippen molar-refractivity contribution in [3.05, 3.63) is 11.3 Å². The lowest BCUT2D eigenvalue weighted by Crippen LogP contribution is -2.39. The van der Waals surface area contributed by atoms with Gasteiger partial charge in [0.05, 0.1) is 8.80 Å². The van der Waals surface area contributed by atoms with E-state index >= 15 is 0 Å². The molecule has 3 heteroatoms. The molecule has 0 radical (unpaired) electrons. The minimum Gasteiger partial charge on any atom is -0.322 e. The normalized spacial score (nSPS) is 14.1. The molecule has 0 heterocycles. The third-order valence-electron chi connectivity index (χ3n) is 2.56. The van der Waals surface area contributed by atoms with Crippen LogP contribution in [0.3, 0.4) is 0 Å². The molecule has 90 valence electrons. The highest BCUT2D eigenvalue weighted by molar-refractivity contribution is 6.67. The van der Waals surface area contributed by atoms with Crippen LogP contribution in [0.1, 0.15) is 34.6 Å². The van der Waals surface area contributed by atoms with Crippen molar-refractivity contribution in [3.8, 4) is 0 Å². The minimum absolute atomic E-state index is 0.429.